The van der Waals surface area contributed by atoms with Gasteiger partial charge in [0.1, 0.15) is 0 Å². The molecule has 1 unspecified atom stereocenters. The summed E-state index contributed by atoms with van der Waals surface area (Å²) in [7, 11) is 5.90. The standard InChI is InChI=1S/C16H25N3O2/c1-18(2)9-11-21-10-8-17-14-12-16(20)19(3)15-7-5-4-6-13(14)15/h4-7,14,17H,8-12H2,1-3H3. The van der Waals surface area contributed by atoms with Crippen molar-refractivity contribution in [3.05, 3.63) is 29.8 Å². The number of likely N-dealkylation sites (N-methyl/N-ethyl adjacent to an activating group) is 1. The van der Waals surface area contributed by atoms with Crippen LogP contribution in [0.15, 0.2) is 24.3 Å². The number of para-hydroxylation sites is 1. The summed E-state index contributed by atoms with van der Waals surface area (Å²) in [5.74, 6) is 0.153. The average Bonchev–Trinajstić information content (AvgIpc) is 2.47. The molecular formula is C16H25N3O2. The zero-order valence-electron chi connectivity index (χ0n) is 13.1. The number of hydrogen-bond acceptors (Lipinski definition) is 4. The number of carbonyl (C=O) groups excluding carboxylic acids is 1. The first kappa shape index (κ1) is 15.9. The van der Waals surface area contributed by atoms with Crippen LogP contribution in [0, 0.1) is 0 Å². The Balaban J connectivity index is 1.84. The molecule has 1 aromatic carbocycles. The zero-order chi connectivity index (χ0) is 15.2. The number of fused-ring (bicyclic) bond motifs is 1. The molecule has 21 heavy (non-hydrogen) atoms. The summed E-state index contributed by atoms with van der Waals surface area (Å²) in [5, 5.41) is 3.43. The van der Waals surface area contributed by atoms with Crippen LogP contribution in [0.25, 0.3) is 0 Å². The Hall–Kier alpha value is -1.43. The van der Waals surface area contributed by atoms with Gasteiger partial charge in [0.15, 0.2) is 0 Å². The molecule has 0 aliphatic carbocycles. The van der Waals surface area contributed by atoms with Gasteiger partial charge in [-0.1, -0.05) is 18.2 Å². The molecular weight excluding hydrogens is 266 g/mol. The maximum Gasteiger partial charge on any atom is 0.228 e. The number of amides is 1. The fraction of sp³-hybridized carbons (Fsp3) is 0.562. The highest BCUT2D eigenvalue weighted by Crippen LogP contribution is 2.33. The number of rotatable bonds is 7. The summed E-state index contributed by atoms with van der Waals surface area (Å²) in [5.41, 5.74) is 2.19. The molecule has 1 aliphatic heterocycles. The van der Waals surface area contributed by atoms with Gasteiger partial charge >= 0.3 is 0 Å². The van der Waals surface area contributed by atoms with E-state index in [1.165, 1.54) is 5.56 Å². The Labute approximate surface area is 126 Å². The van der Waals surface area contributed by atoms with Crippen molar-refractivity contribution in [3.8, 4) is 0 Å². The van der Waals surface area contributed by atoms with Crippen molar-refractivity contribution in [3.63, 3.8) is 0 Å². The molecule has 0 radical (unpaired) electrons. The van der Waals surface area contributed by atoms with E-state index in [1.807, 2.05) is 39.3 Å². The van der Waals surface area contributed by atoms with E-state index >= 15 is 0 Å². The van der Waals surface area contributed by atoms with Gasteiger partial charge in [0, 0.05) is 38.3 Å². The van der Waals surface area contributed by atoms with Crippen molar-refractivity contribution < 1.29 is 9.53 Å². The van der Waals surface area contributed by atoms with Crippen LogP contribution in [-0.2, 0) is 9.53 Å². The largest absolute Gasteiger partial charge is 0.379 e. The second-order valence-corrected chi connectivity index (χ2v) is 5.64. The highest BCUT2D eigenvalue weighted by Gasteiger charge is 2.28. The molecule has 2 rings (SSSR count). The minimum atomic E-state index is 0.0855. The lowest BCUT2D eigenvalue weighted by Gasteiger charge is -2.32. The number of nitrogens with zero attached hydrogens (tertiary/aromatic N) is 2. The molecule has 0 saturated heterocycles. The Bertz CT molecular complexity index is 476. The Kier molecular flexibility index (Phi) is 5.73. The van der Waals surface area contributed by atoms with E-state index in [4.69, 9.17) is 4.74 Å². The van der Waals surface area contributed by atoms with Crippen LogP contribution < -0.4 is 10.2 Å². The van der Waals surface area contributed by atoms with Gasteiger partial charge in [0.05, 0.1) is 13.2 Å². The number of hydrogen-bond donors (Lipinski definition) is 1. The molecule has 1 atom stereocenters. The van der Waals surface area contributed by atoms with Gasteiger partial charge in [0.2, 0.25) is 5.91 Å². The first-order valence-corrected chi connectivity index (χ1v) is 7.41. The second kappa shape index (κ2) is 7.54. The molecule has 116 valence electrons. The van der Waals surface area contributed by atoms with E-state index in [-0.39, 0.29) is 11.9 Å². The predicted octanol–water partition coefficient (Wildman–Crippen LogP) is 1.26. The molecule has 5 nitrogen and oxygen atoms in total. The van der Waals surface area contributed by atoms with Crippen molar-refractivity contribution in [2.24, 2.45) is 0 Å². The molecule has 1 heterocycles. The minimum absolute atomic E-state index is 0.0855. The van der Waals surface area contributed by atoms with E-state index in [9.17, 15) is 4.79 Å². The molecule has 1 aromatic rings. The molecule has 0 saturated carbocycles. The maximum absolute atomic E-state index is 12.0. The van der Waals surface area contributed by atoms with Crippen LogP contribution in [-0.4, -0.2) is 58.3 Å². The molecule has 0 spiro atoms. The third-order valence-corrected chi connectivity index (χ3v) is 3.75. The molecule has 1 aliphatic rings. The van der Waals surface area contributed by atoms with E-state index in [0.29, 0.717) is 13.0 Å². The molecule has 0 bridgehead atoms. The van der Waals surface area contributed by atoms with Crippen LogP contribution in [0.3, 0.4) is 0 Å². The zero-order valence-corrected chi connectivity index (χ0v) is 13.1. The minimum Gasteiger partial charge on any atom is -0.379 e. The van der Waals surface area contributed by atoms with Crippen LogP contribution in [0.4, 0.5) is 5.69 Å². The van der Waals surface area contributed by atoms with Gasteiger partial charge < -0.3 is 19.9 Å². The summed E-state index contributed by atoms with van der Waals surface area (Å²) in [6.07, 6.45) is 0.505. The maximum atomic E-state index is 12.0. The molecule has 0 fully saturated rings. The number of benzene rings is 1. The molecule has 1 N–H and O–H groups in total. The highest BCUT2D eigenvalue weighted by atomic mass is 16.5. The Morgan fingerprint density at radius 1 is 1.33 bits per heavy atom. The first-order valence-electron chi connectivity index (χ1n) is 7.41. The van der Waals surface area contributed by atoms with Gasteiger partial charge in [-0.2, -0.15) is 0 Å². The van der Waals surface area contributed by atoms with E-state index in [0.717, 1.165) is 25.4 Å². The summed E-state index contributed by atoms with van der Waals surface area (Å²) >= 11 is 0. The quantitative estimate of drug-likeness (QED) is 0.768. The van der Waals surface area contributed by atoms with E-state index in [2.05, 4.69) is 16.3 Å². The van der Waals surface area contributed by atoms with Crippen LogP contribution in [0.5, 0.6) is 0 Å². The van der Waals surface area contributed by atoms with Gasteiger partial charge in [-0.3, -0.25) is 4.79 Å². The van der Waals surface area contributed by atoms with E-state index in [1.54, 1.807) is 4.90 Å². The lowest BCUT2D eigenvalue weighted by atomic mass is 9.96. The summed E-state index contributed by atoms with van der Waals surface area (Å²) < 4.78 is 5.57. The van der Waals surface area contributed by atoms with Gasteiger partial charge in [-0.15, -0.1) is 0 Å². The van der Waals surface area contributed by atoms with Crippen LogP contribution in [0.1, 0.15) is 18.0 Å². The van der Waals surface area contributed by atoms with E-state index < -0.39 is 0 Å². The smallest absolute Gasteiger partial charge is 0.228 e. The third-order valence-electron chi connectivity index (χ3n) is 3.75. The number of anilines is 1. The third kappa shape index (κ3) is 4.27. The monoisotopic (exact) mass is 291 g/mol. The Morgan fingerprint density at radius 2 is 2.10 bits per heavy atom. The van der Waals surface area contributed by atoms with Gasteiger partial charge in [-0.25, -0.2) is 0 Å². The topological polar surface area (TPSA) is 44.8 Å². The van der Waals surface area contributed by atoms with Crippen molar-refractivity contribution in [1.82, 2.24) is 10.2 Å². The van der Waals surface area contributed by atoms with Crippen molar-refractivity contribution in [2.75, 3.05) is 52.3 Å². The summed E-state index contributed by atoms with van der Waals surface area (Å²) in [6.45, 7) is 3.08. The number of ether oxygens (including phenoxy) is 1. The SMILES string of the molecule is CN(C)CCOCCNC1CC(=O)N(C)c2ccccc21. The number of nitrogens with one attached hydrogen (secondary N) is 1. The van der Waals surface area contributed by atoms with Crippen molar-refractivity contribution >= 4 is 11.6 Å². The van der Waals surface area contributed by atoms with Crippen molar-refractivity contribution in [1.29, 1.82) is 0 Å². The molecule has 5 heteroatoms. The summed E-state index contributed by atoms with van der Waals surface area (Å²) in [6, 6.07) is 8.15. The summed E-state index contributed by atoms with van der Waals surface area (Å²) in [4.78, 5) is 15.9. The Morgan fingerprint density at radius 3 is 2.86 bits per heavy atom. The average molecular weight is 291 g/mol. The van der Waals surface area contributed by atoms with Crippen LogP contribution >= 0.6 is 0 Å². The fourth-order valence-electron chi connectivity index (χ4n) is 2.48. The first-order chi connectivity index (χ1) is 10.1. The van der Waals surface area contributed by atoms with Gasteiger partial charge in [0.25, 0.3) is 0 Å². The van der Waals surface area contributed by atoms with Gasteiger partial charge in [-0.05, 0) is 25.7 Å². The fourth-order valence-corrected chi connectivity index (χ4v) is 2.48. The predicted molar refractivity (Wildman–Crippen MR) is 84.6 cm³/mol. The highest BCUT2D eigenvalue weighted by molar-refractivity contribution is 5.96. The molecule has 0 aromatic heterocycles. The van der Waals surface area contributed by atoms with Crippen molar-refractivity contribution in [2.45, 2.75) is 12.5 Å². The van der Waals surface area contributed by atoms with Crippen LogP contribution in [0.2, 0.25) is 0 Å². The lowest BCUT2D eigenvalue weighted by Crippen LogP contribution is -2.38. The normalized spacial score (nSPS) is 18.2. The molecule has 1 amide bonds. The second-order valence-electron chi connectivity index (χ2n) is 5.64. The number of carbonyl (C=O) groups is 1. The lowest BCUT2D eigenvalue weighted by molar-refractivity contribution is -0.119.